The van der Waals surface area contributed by atoms with Crippen LogP contribution in [-0.2, 0) is 0 Å². The van der Waals surface area contributed by atoms with Crippen LogP contribution in [0.5, 0.6) is 0 Å². The first-order valence-corrected chi connectivity index (χ1v) is 10.8. The van der Waals surface area contributed by atoms with E-state index in [1.165, 1.54) is 6.20 Å². The van der Waals surface area contributed by atoms with Crippen LogP contribution >= 0.6 is 11.6 Å². The summed E-state index contributed by atoms with van der Waals surface area (Å²) in [7, 11) is 0. The van der Waals surface area contributed by atoms with Gasteiger partial charge in [0.05, 0.1) is 34.2 Å². The Morgan fingerprint density at radius 1 is 1.12 bits per heavy atom. The molecule has 5 aromatic rings. The smallest absolute Gasteiger partial charge is 0.264 e. The van der Waals surface area contributed by atoms with Crippen LogP contribution in [0.4, 0.5) is 17.5 Å². The number of anilines is 2. The van der Waals surface area contributed by atoms with Crippen molar-refractivity contribution >= 4 is 50.7 Å². The van der Waals surface area contributed by atoms with Crippen molar-refractivity contribution in [2.75, 3.05) is 11.1 Å². The van der Waals surface area contributed by atoms with E-state index in [0.29, 0.717) is 33.0 Å². The van der Waals surface area contributed by atoms with E-state index in [1.807, 2.05) is 49.4 Å². The second kappa shape index (κ2) is 8.46. The Kier molecular flexibility index (Phi) is 5.32. The molecule has 5 rings (SSSR count). The van der Waals surface area contributed by atoms with Crippen molar-refractivity contribution < 1.29 is 0 Å². The fraction of sp³-hybridized carbons (Fsp3) is 0.0800. The summed E-state index contributed by atoms with van der Waals surface area (Å²) in [5, 5.41) is 5.69. The molecule has 0 radical (unpaired) electrons. The average Bonchev–Trinajstić information content (AvgIpc) is 2.83. The van der Waals surface area contributed by atoms with E-state index in [0.717, 1.165) is 10.9 Å². The third-order valence-corrected chi connectivity index (χ3v) is 5.89. The van der Waals surface area contributed by atoms with Crippen LogP contribution in [0.2, 0.25) is 5.02 Å². The molecule has 0 bridgehead atoms. The van der Waals surface area contributed by atoms with Crippen LogP contribution in [0, 0.1) is 6.57 Å². The Balaban J connectivity index is 1.74. The number of pyridine rings is 2. The highest BCUT2D eigenvalue weighted by Crippen LogP contribution is 2.30. The van der Waals surface area contributed by atoms with Crippen molar-refractivity contribution in [1.82, 2.24) is 19.5 Å². The third-order valence-electron chi connectivity index (χ3n) is 5.58. The fourth-order valence-electron chi connectivity index (χ4n) is 3.97. The highest BCUT2D eigenvalue weighted by atomic mass is 35.5. The molecule has 0 saturated carbocycles. The minimum Gasteiger partial charge on any atom is -0.371 e. The third kappa shape index (κ3) is 3.68. The second-order valence-electron chi connectivity index (χ2n) is 7.73. The van der Waals surface area contributed by atoms with Crippen LogP contribution in [-0.4, -0.2) is 19.5 Å². The maximum absolute atomic E-state index is 13.8. The lowest BCUT2D eigenvalue weighted by Gasteiger charge is -2.22. The molecule has 2 aromatic carbocycles. The molecule has 0 saturated heterocycles. The van der Waals surface area contributed by atoms with Gasteiger partial charge in [-0.2, -0.15) is 0 Å². The van der Waals surface area contributed by atoms with E-state index in [-0.39, 0.29) is 17.2 Å². The lowest BCUT2D eigenvalue weighted by atomic mass is 10.1. The van der Waals surface area contributed by atoms with Gasteiger partial charge < -0.3 is 11.1 Å². The van der Waals surface area contributed by atoms with Crippen molar-refractivity contribution in [3.05, 3.63) is 99.5 Å². The predicted octanol–water partition coefficient (Wildman–Crippen LogP) is 5.29. The summed E-state index contributed by atoms with van der Waals surface area (Å²) >= 11 is 6.43. The second-order valence-corrected chi connectivity index (χ2v) is 8.14. The Hall–Kier alpha value is -4.48. The molecule has 3 N–H and O–H groups in total. The predicted molar refractivity (Wildman–Crippen MR) is 135 cm³/mol. The highest BCUT2D eigenvalue weighted by Gasteiger charge is 2.19. The highest BCUT2D eigenvalue weighted by molar-refractivity contribution is 6.35. The molecule has 0 aliphatic carbocycles. The summed E-state index contributed by atoms with van der Waals surface area (Å²) in [6.07, 6.45) is 3.08. The van der Waals surface area contributed by atoms with Gasteiger partial charge in [0.1, 0.15) is 5.82 Å². The topological polar surface area (TPSA) is 103 Å². The summed E-state index contributed by atoms with van der Waals surface area (Å²) in [4.78, 5) is 29.7. The van der Waals surface area contributed by atoms with Crippen molar-refractivity contribution in [3.8, 4) is 5.69 Å². The van der Waals surface area contributed by atoms with E-state index < -0.39 is 6.04 Å². The van der Waals surface area contributed by atoms with Gasteiger partial charge in [0.2, 0.25) is 11.6 Å². The number of fused-ring (bicyclic) bond motifs is 2. The van der Waals surface area contributed by atoms with Crippen molar-refractivity contribution in [2.45, 2.75) is 13.0 Å². The molecule has 3 aromatic heterocycles. The average molecular weight is 468 g/mol. The molecule has 0 aliphatic rings. The number of nitrogen functional groups attached to an aromatic ring is 1. The van der Waals surface area contributed by atoms with E-state index >= 15 is 0 Å². The van der Waals surface area contributed by atoms with Crippen LogP contribution in [0.25, 0.3) is 32.2 Å². The van der Waals surface area contributed by atoms with Gasteiger partial charge >= 0.3 is 0 Å². The van der Waals surface area contributed by atoms with Gasteiger partial charge in [0.25, 0.3) is 5.56 Å². The van der Waals surface area contributed by atoms with Gasteiger partial charge in [-0.05, 0) is 42.6 Å². The first kappa shape index (κ1) is 21.4. The summed E-state index contributed by atoms with van der Waals surface area (Å²) < 4.78 is 1.61. The number of nitrogens with two attached hydrogens (primary N) is 1. The maximum atomic E-state index is 13.8. The van der Waals surface area contributed by atoms with Gasteiger partial charge in [-0.25, -0.2) is 14.8 Å². The van der Waals surface area contributed by atoms with Crippen molar-refractivity contribution in [3.63, 3.8) is 0 Å². The summed E-state index contributed by atoms with van der Waals surface area (Å²) in [5.41, 5.74) is 7.78. The van der Waals surface area contributed by atoms with Crippen LogP contribution in [0.1, 0.15) is 18.7 Å². The quantitative estimate of drug-likeness (QED) is 0.348. The fourth-order valence-corrected chi connectivity index (χ4v) is 4.24. The molecule has 0 amide bonds. The zero-order chi connectivity index (χ0) is 23.8. The molecular weight excluding hydrogens is 450 g/mol. The first-order valence-electron chi connectivity index (χ1n) is 10.4. The Morgan fingerprint density at radius 3 is 2.76 bits per heavy atom. The molecular formula is C25H18ClN7O. The Labute approximate surface area is 199 Å². The monoisotopic (exact) mass is 467 g/mol. The van der Waals surface area contributed by atoms with Gasteiger partial charge in [-0.1, -0.05) is 35.9 Å². The molecule has 34 heavy (non-hydrogen) atoms. The van der Waals surface area contributed by atoms with Crippen molar-refractivity contribution in [1.29, 1.82) is 0 Å². The number of rotatable bonds is 4. The largest absolute Gasteiger partial charge is 0.371 e. The molecule has 0 aliphatic heterocycles. The summed E-state index contributed by atoms with van der Waals surface area (Å²) in [6, 6.07) is 16.3. The number of hydrogen-bond donors (Lipinski definition) is 2. The number of nitrogens with zero attached hydrogens (tertiary/aromatic N) is 5. The SMILES string of the molecule is [C-]#[N+]c1cnc(N)nc1N[C@@H](C)c1cc2cccc(Cl)c2c(=O)n1-c1ccc2cccnc2c1. The zero-order valence-corrected chi connectivity index (χ0v) is 18.8. The number of nitrogens with one attached hydrogen (secondary N) is 1. The molecule has 9 heteroatoms. The van der Waals surface area contributed by atoms with Gasteiger partial charge in [0.15, 0.2) is 0 Å². The molecule has 0 unspecified atom stereocenters. The normalized spacial score (nSPS) is 11.9. The van der Waals surface area contributed by atoms with Crippen LogP contribution < -0.4 is 16.6 Å². The van der Waals surface area contributed by atoms with Gasteiger partial charge in [-0.15, -0.1) is 0 Å². The van der Waals surface area contributed by atoms with Gasteiger partial charge in [-0.3, -0.25) is 14.3 Å². The lowest BCUT2D eigenvalue weighted by Crippen LogP contribution is -2.26. The zero-order valence-electron chi connectivity index (χ0n) is 18.0. The first-order chi connectivity index (χ1) is 16.5. The minimum atomic E-state index is -0.426. The molecule has 8 nitrogen and oxygen atoms in total. The number of halogens is 1. The lowest BCUT2D eigenvalue weighted by molar-refractivity contribution is 0.774. The molecule has 0 fully saturated rings. The number of benzene rings is 2. The summed E-state index contributed by atoms with van der Waals surface area (Å²) in [6.45, 7) is 9.29. The minimum absolute atomic E-state index is 0.0467. The van der Waals surface area contributed by atoms with E-state index in [2.05, 4.69) is 25.1 Å². The maximum Gasteiger partial charge on any atom is 0.264 e. The number of hydrogen-bond acceptors (Lipinski definition) is 6. The molecule has 3 heterocycles. The van der Waals surface area contributed by atoms with E-state index in [9.17, 15) is 4.79 Å². The van der Waals surface area contributed by atoms with E-state index in [1.54, 1.807) is 22.9 Å². The molecule has 0 spiro atoms. The standard InChI is InChI=1S/C25H18ClN7O/c1-14(31-23-20(28-2)13-30-25(27)32-23)21-11-16-5-3-7-18(26)22(16)24(34)33(21)17-9-8-15-6-4-10-29-19(15)12-17/h3-14H,1H3,(H3,27,30,31,32)/t14-/m0/s1. The van der Waals surface area contributed by atoms with Crippen LogP contribution in [0.3, 0.4) is 0 Å². The van der Waals surface area contributed by atoms with Crippen molar-refractivity contribution in [2.24, 2.45) is 0 Å². The number of aromatic nitrogens is 4. The molecule has 1 atom stereocenters. The summed E-state index contributed by atoms with van der Waals surface area (Å²) in [5.74, 6) is 0.339. The Bertz CT molecular complexity index is 1670. The van der Waals surface area contributed by atoms with Gasteiger partial charge in [0, 0.05) is 23.5 Å². The molecule has 166 valence electrons. The van der Waals surface area contributed by atoms with Crippen LogP contribution in [0.15, 0.2) is 71.8 Å². The Morgan fingerprint density at radius 2 is 1.94 bits per heavy atom. The van der Waals surface area contributed by atoms with E-state index in [4.69, 9.17) is 23.9 Å².